The zero-order chi connectivity index (χ0) is 13.1. The summed E-state index contributed by atoms with van der Waals surface area (Å²) in [6, 6.07) is 1.22. The van der Waals surface area contributed by atoms with Gasteiger partial charge in [0, 0.05) is 12.6 Å². The van der Waals surface area contributed by atoms with Crippen LogP contribution < -0.4 is 5.73 Å². The van der Waals surface area contributed by atoms with Crippen LogP contribution in [0.4, 0.5) is 0 Å². The minimum absolute atomic E-state index is 0.512. The van der Waals surface area contributed by atoms with Crippen LogP contribution in [-0.4, -0.2) is 29.5 Å². The lowest BCUT2D eigenvalue weighted by Gasteiger charge is -2.45. The van der Waals surface area contributed by atoms with Crippen molar-refractivity contribution in [3.63, 3.8) is 0 Å². The van der Waals surface area contributed by atoms with Gasteiger partial charge in [0.25, 0.3) is 0 Å². The maximum Gasteiger partial charge on any atom is 0.191 e. The molecule has 0 radical (unpaired) electrons. The minimum atomic E-state index is 0.512. The standard InChI is InChI=1S/C16H29N3/c17-16(18-14-9-2-1-3-10-14)19-12-6-8-13-7-4-5-11-15(13)19/h13-15H,1-12H2,(H2,17,18)/t13-,15-/m1/s1. The first-order chi connectivity index (χ1) is 9.34. The van der Waals surface area contributed by atoms with E-state index in [-0.39, 0.29) is 0 Å². The first-order valence-corrected chi connectivity index (χ1v) is 8.44. The van der Waals surface area contributed by atoms with E-state index in [1.54, 1.807) is 0 Å². The molecule has 0 spiro atoms. The Morgan fingerprint density at radius 2 is 1.53 bits per heavy atom. The van der Waals surface area contributed by atoms with Crippen molar-refractivity contribution < 1.29 is 0 Å². The fourth-order valence-electron chi connectivity index (χ4n) is 4.38. The maximum absolute atomic E-state index is 6.36. The third-order valence-electron chi connectivity index (χ3n) is 5.43. The third-order valence-corrected chi connectivity index (χ3v) is 5.43. The number of hydrogen-bond donors (Lipinski definition) is 1. The van der Waals surface area contributed by atoms with E-state index in [0.717, 1.165) is 18.4 Å². The molecule has 0 aromatic carbocycles. The average Bonchev–Trinajstić information content (AvgIpc) is 2.47. The number of nitrogens with two attached hydrogens (primary N) is 1. The van der Waals surface area contributed by atoms with E-state index in [9.17, 15) is 0 Å². The van der Waals surface area contributed by atoms with Crippen LogP contribution in [0.5, 0.6) is 0 Å². The molecule has 0 unspecified atom stereocenters. The zero-order valence-electron chi connectivity index (χ0n) is 12.2. The Morgan fingerprint density at radius 3 is 2.37 bits per heavy atom. The Labute approximate surface area is 117 Å². The molecule has 2 aliphatic carbocycles. The molecule has 1 heterocycles. The second-order valence-corrected chi connectivity index (χ2v) is 6.73. The van der Waals surface area contributed by atoms with Crippen molar-refractivity contribution in [2.75, 3.05) is 6.54 Å². The van der Waals surface area contributed by atoms with Gasteiger partial charge in [0.05, 0.1) is 6.04 Å². The summed E-state index contributed by atoms with van der Waals surface area (Å²) < 4.78 is 0. The van der Waals surface area contributed by atoms with Crippen molar-refractivity contribution in [2.45, 2.75) is 82.7 Å². The molecule has 1 saturated heterocycles. The summed E-state index contributed by atoms with van der Waals surface area (Å²) in [5, 5.41) is 0. The molecule has 3 heteroatoms. The van der Waals surface area contributed by atoms with Crippen molar-refractivity contribution in [3.8, 4) is 0 Å². The van der Waals surface area contributed by atoms with Gasteiger partial charge in [-0.2, -0.15) is 0 Å². The summed E-state index contributed by atoms with van der Waals surface area (Å²) in [6.07, 6.45) is 14.9. The summed E-state index contributed by atoms with van der Waals surface area (Å²) in [5.74, 6) is 1.76. The molecular formula is C16H29N3. The van der Waals surface area contributed by atoms with Gasteiger partial charge < -0.3 is 10.6 Å². The van der Waals surface area contributed by atoms with Crippen molar-refractivity contribution in [3.05, 3.63) is 0 Å². The molecular weight excluding hydrogens is 234 g/mol. The van der Waals surface area contributed by atoms with Crippen molar-refractivity contribution >= 4 is 5.96 Å². The number of nitrogens with zero attached hydrogens (tertiary/aromatic N) is 2. The largest absolute Gasteiger partial charge is 0.370 e. The van der Waals surface area contributed by atoms with Gasteiger partial charge in [-0.25, -0.2) is 4.99 Å². The van der Waals surface area contributed by atoms with Gasteiger partial charge in [0.1, 0.15) is 0 Å². The molecule has 0 amide bonds. The second kappa shape index (κ2) is 6.15. The van der Waals surface area contributed by atoms with Gasteiger partial charge in [-0.3, -0.25) is 0 Å². The van der Waals surface area contributed by atoms with Crippen LogP contribution in [0.25, 0.3) is 0 Å². The monoisotopic (exact) mass is 263 g/mol. The molecule has 0 aromatic heterocycles. The molecule has 3 fully saturated rings. The second-order valence-electron chi connectivity index (χ2n) is 6.73. The van der Waals surface area contributed by atoms with Gasteiger partial charge in [-0.15, -0.1) is 0 Å². The van der Waals surface area contributed by atoms with E-state index in [2.05, 4.69) is 4.90 Å². The number of rotatable bonds is 1. The normalized spacial score (nSPS) is 34.1. The van der Waals surface area contributed by atoms with Crippen LogP contribution >= 0.6 is 0 Å². The molecule has 0 aromatic rings. The number of piperidine rings is 1. The first kappa shape index (κ1) is 13.3. The van der Waals surface area contributed by atoms with Crippen LogP contribution in [0.3, 0.4) is 0 Å². The van der Waals surface area contributed by atoms with Crippen LogP contribution in [0.1, 0.15) is 70.6 Å². The number of guanidine groups is 1. The molecule has 2 saturated carbocycles. The molecule has 3 aliphatic rings. The SMILES string of the molecule is NC(=NC1CCCCC1)N1CCC[C@H]2CCCC[C@H]21. The van der Waals surface area contributed by atoms with E-state index < -0.39 is 0 Å². The molecule has 0 bridgehead atoms. The lowest BCUT2D eigenvalue weighted by atomic mass is 9.78. The highest BCUT2D eigenvalue weighted by molar-refractivity contribution is 5.78. The Hall–Kier alpha value is -0.730. The number of likely N-dealkylation sites (tertiary alicyclic amines) is 1. The zero-order valence-corrected chi connectivity index (χ0v) is 12.2. The summed E-state index contributed by atoms with van der Waals surface area (Å²) in [4.78, 5) is 7.33. The molecule has 2 atom stereocenters. The highest BCUT2D eigenvalue weighted by Gasteiger charge is 2.34. The number of aliphatic imine (C=N–C) groups is 1. The van der Waals surface area contributed by atoms with Crippen molar-refractivity contribution in [1.29, 1.82) is 0 Å². The highest BCUT2D eigenvalue weighted by atomic mass is 15.3. The molecule has 19 heavy (non-hydrogen) atoms. The van der Waals surface area contributed by atoms with Gasteiger partial charge in [-0.1, -0.05) is 32.1 Å². The summed E-state index contributed by atoms with van der Waals surface area (Å²) in [5.41, 5.74) is 6.36. The van der Waals surface area contributed by atoms with E-state index in [4.69, 9.17) is 10.7 Å². The lowest BCUT2D eigenvalue weighted by molar-refractivity contribution is 0.117. The molecule has 3 rings (SSSR count). The number of fused-ring (bicyclic) bond motifs is 1. The fourth-order valence-corrected chi connectivity index (χ4v) is 4.38. The first-order valence-electron chi connectivity index (χ1n) is 8.44. The molecule has 1 aliphatic heterocycles. The van der Waals surface area contributed by atoms with Gasteiger partial charge in [0.15, 0.2) is 5.96 Å². The van der Waals surface area contributed by atoms with Crippen LogP contribution in [-0.2, 0) is 0 Å². The fraction of sp³-hybridized carbons (Fsp3) is 0.938. The Morgan fingerprint density at radius 1 is 0.842 bits per heavy atom. The quantitative estimate of drug-likeness (QED) is 0.582. The van der Waals surface area contributed by atoms with Crippen molar-refractivity contribution in [1.82, 2.24) is 4.90 Å². The van der Waals surface area contributed by atoms with Gasteiger partial charge in [0.2, 0.25) is 0 Å². The Balaban J connectivity index is 1.66. The Kier molecular flexibility index (Phi) is 4.29. The third kappa shape index (κ3) is 3.06. The molecule has 2 N–H and O–H groups in total. The van der Waals surface area contributed by atoms with E-state index in [0.29, 0.717) is 12.1 Å². The highest BCUT2D eigenvalue weighted by Crippen LogP contribution is 2.35. The summed E-state index contributed by atoms with van der Waals surface area (Å²) in [7, 11) is 0. The molecule has 108 valence electrons. The van der Waals surface area contributed by atoms with Gasteiger partial charge >= 0.3 is 0 Å². The van der Waals surface area contributed by atoms with Crippen LogP contribution in [0.2, 0.25) is 0 Å². The van der Waals surface area contributed by atoms with Gasteiger partial charge in [-0.05, 0) is 44.4 Å². The van der Waals surface area contributed by atoms with Crippen molar-refractivity contribution in [2.24, 2.45) is 16.6 Å². The predicted molar refractivity (Wildman–Crippen MR) is 80.2 cm³/mol. The lowest BCUT2D eigenvalue weighted by Crippen LogP contribution is -2.52. The summed E-state index contributed by atoms with van der Waals surface area (Å²) in [6.45, 7) is 1.14. The predicted octanol–water partition coefficient (Wildman–Crippen LogP) is 3.29. The van der Waals surface area contributed by atoms with E-state index in [1.165, 1.54) is 70.6 Å². The van der Waals surface area contributed by atoms with E-state index in [1.807, 2.05) is 0 Å². The summed E-state index contributed by atoms with van der Waals surface area (Å²) >= 11 is 0. The maximum atomic E-state index is 6.36. The number of hydrogen-bond acceptors (Lipinski definition) is 1. The smallest absolute Gasteiger partial charge is 0.191 e. The van der Waals surface area contributed by atoms with Crippen LogP contribution in [0.15, 0.2) is 4.99 Å². The molecule has 3 nitrogen and oxygen atoms in total. The topological polar surface area (TPSA) is 41.6 Å². The minimum Gasteiger partial charge on any atom is -0.370 e. The Bertz CT molecular complexity index is 318. The van der Waals surface area contributed by atoms with Crippen LogP contribution in [0, 0.1) is 5.92 Å². The van der Waals surface area contributed by atoms with E-state index >= 15 is 0 Å². The average molecular weight is 263 g/mol.